The van der Waals surface area contributed by atoms with Crippen molar-refractivity contribution in [3.63, 3.8) is 0 Å². The van der Waals surface area contributed by atoms with Gasteiger partial charge in [0.1, 0.15) is 5.82 Å². The normalized spacial score (nSPS) is 14.3. The largest absolute Gasteiger partial charge is 0.493 e. The van der Waals surface area contributed by atoms with Crippen LogP contribution in [-0.2, 0) is 16.0 Å². The van der Waals surface area contributed by atoms with Crippen LogP contribution in [0.3, 0.4) is 0 Å². The summed E-state index contributed by atoms with van der Waals surface area (Å²) in [5.74, 6) is -0.157. The van der Waals surface area contributed by atoms with Gasteiger partial charge < -0.3 is 14.8 Å². The standard InChI is InChI=1S/C27H23FN2O4S2/c1-3-18-6-4-5-7-21(18)29-25(31)16-34-22-13-8-17(14-23(22)33-2)15-24-26(32)30(27(35)36-24)20-11-9-19(28)10-12-20/h4-15H,3,16H2,1-2H3,(H,29,31)/b24-15-. The summed E-state index contributed by atoms with van der Waals surface area (Å²) in [6.45, 7) is 1.83. The van der Waals surface area contributed by atoms with Crippen LogP contribution in [0.15, 0.2) is 71.6 Å². The van der Waals surface area contributed by atoms with Crippen molar-refractivity contribution >= 4 is 57.6 Å². The van der Waals surface area contributed by atoms with E-state index in [1.807, 2.05) is 31.2 Å². The smallest absolute Gasteiger partial charge is 0.270 e. The molecule has 0 aliphatic carbocycles. The second-order valence-corrected chi connectivity index (χ2v) is 9.43. The summed E-state index contributed by atoms with van der Waals surface area (Å²) in [5.41, 5.74) is 3.00. The number of amides is 2. The minimum Gasteiger partial charge on any atom is -0.493 e. The number of nitrogens with one attached hydrogen (secondary N) is 1. The Balaban J connectivity index is 1.45. The third-order valence-corrected chi connectivity index (χ3v) is 6.70. The molecule has 1 heterocycles. The Morgan fingerprint density at radius 3 is 2.58 bits per heavy atom. The molecule has 6 nitrogen and oxygen atoms in total. The van der Waals surface area contributed by atoms with E-state index in [1.54, 1.807) is 24.3 Å². The number of halogens is 1. The number of hydrogen-bond acceptors (Lipinski definition) is 6. The number of rotatable bonds is 8. The maximum atomic E-state index is 13.3. The molecule has 0 saturated carbocycles. The molecule has 1 N–H and O–H groups in total. The number of para-hydroxylation sites is 1. The van der Waals surface area contributed by atoms with Gasteiger partial charge in [-0.1, -0.05) is 55.2 Å². The summed E-state index contributed by atoms with van der Waals surface area (Å²) in [6, 6.07) is 18.3. The maximum absolute atomic E-state index is 13.3. The third kappa shape index (κ3) is 5.75. The van der Waals surface area contributed by atoms with Crippen molar-refractivity contribution in [1.29, 1.82) is 0 Å². The van der Waals surface area contributed by atoms with Gasteiger partial charge in [-0.25, -0.2) is 4.39 Å². The highest BCUT2D eigenvalue weighted by molar-refractivity contribution is 8.27. The van der Waals surface area contributed by atoms with Crippen LogP contribution in [0.1, 0.15) is 18.1 Å². The van der Waals surface area contributed by atoms with Crippen molar-refractivity contribution in [2.75, 3.05) is 23.9 Å². The van der Waals surface area contributed by atoms with E-state index in [2.05, 4.69) is 5.32 Å². The topological polar surface area (TPSA) is 67.9 Å². The molecule has 184 valence electrons. The molecule has 1 aliphatic heterocycles. The second kappa shape index (κ2) is 11.4. The van der Waals surface area contributed by atoms with Gasteiger partial charge in [-0.15, -0.1) is 0 Å². The van der Waals surface area contributed by atoms with Crippen molar-refractivity contribution in [1.82, 2.24) is 0 Å². The Labute approximate surface area is 218 Å². The van der Waals surface area contributed by atoms with Crippen LogP contribution < -0.4 is 19.7 Å². The molecule has 0 unspecified atom stereocenters. The van der Waals surface area contributed by atoms with Gasteiger partial charge in [-0.3, -0.25) is 14.5 Å². The molecule has 0 aromatic heterocycles. The number of carbonyl (C=O) groups excluding carboxylic acids is 2. The Morgan fingerprint density at radius 2 is 1.86 bits per heavy atom. The van der Waals surface area contributed by atoms with Crippen LogP contribution in [0.2, 0.25) is 0 Å². The summed E-state index contributed by atoms with van der Waals surface area (Å²) >= 11 is 6.53. The second-order valence-electron chi connectivity index (χ2n) is 7.75. The molecule has 1 saturated heterocycles. The van der Waals surface area contributed by atoms with E-state index in [0.29, 0.717) is 32.0 Å². The predicted molar refractivity (Wildman–Crippen MR) is 145 cm³/mol. The van der Waals surface area contributed by atoms with Gasteiger partial charge in [0.25, 0.3) is 11.8 Å². The van der Waals surface area contributed by atoms with Crippen LogP contribution in [0, 0.1) is 5.82 Å². The van der Waals surface area contributed by atoms with E-state index < -0.39 is 5.82 Å². The van der Waals surface area contributed by atoms with E-state index in [9.17, 15) is 14.0 Å². The van der Waals surface area contributed by atoms with Gasteiger partial charge in [0.05, 0.1) is 17.7 Å². The number of ether oxygens (including phenoxy) is 2. The van der Waals surface area contributed by atoms with Gasteiger partial charge in [0.15, 0.2) is 22.4 Å². The Morgan fingerprint density at radius 1 is 1.11 bits per heavy atom. The van der Waals surface area contributed by atoms with Crippen LogP contribution >= 0.6 is 24.0 Å². The third-order valence-electron chi connectivity index (χ3n) is 5.40. The monoisotopic (exact) mass is 522 g/mol. The summed E-state index contributed by atoms with van der Waals surface area (Å²) in [5, 5.41) is 2.87. The fourth-order valence-electron chi connectivity index (χ4n) is 3.61. The van der Waals surface area contributed by atoms with Crippen molar-refractivity contribution in [3.05, 3.63) is 88.6 Å². The summed E-state index contributed by atoms with van der Waals surface area (Å²) in [6.07, 6.45) is 2.50. The molecule has 0 spiro atoms. The molecule has 1 fully saturated rings. The van der Waals surface area contributed by atoms with Crippen molar-refractivity contribution < 1.29 is 23.5 Å². The molecular weight excluding hydrogens is 499 g/mol. The quantitative estimate of drug-likeness (QED) is 0.297. The maximum Gasteiger partial charge on any atom is 0.270 e. The number of anilines is 2. The number of carbonyl (C=O) groups is 2. The van der Waals surface area contributed by atoms with Gasteiger partial charge in [-0.05, 0) is 66.1 Å². The van der Waals surface area contributed by atoms with E-state index in [4.69, 9.17) is 21.7 Å². The molecule has 3 aromatic rings. The zero-order chi connectivity index (χ0) is 25.7. The van der Waals surface area contributed by atoms with Crippen LogP contribution in [0.4, 0.5) is 15.8 Å². The van der Waals surface area contributed by atoms with Crippen LogP contribution in [0.5, 0.6) is 11.5 Å². The Bertz CT molecular complexity index is 1340. The zero-order valence-electron chi connectivity index (χ0n) is 19.6. The summed E-state index contributed by atoms with van der Waals surface area (Å²) in [4.78, 5) is 27.2. The lowest BCUT2D eigenvalue weighted by Crippen LogP contribution is -2.27. The minimum atomic E-state index is -0.391. The average Bonchev–Trinajstić information content (AvgIpc) is 3.16. The van der Waals surface area contributed by atoms with E-state index in [1.165, 1.54) is 36.3 Å². The number of nitrogens with zero attached hydrogens (tertiary/aromatic N) is 1. The lowest BCUT2D eigenvalue weighted by molar-refractivity contribution is -0.118. The van der Waals surface area contributed by atoms with E-state index >= 15 is 0 Å². The average molecular weight is 523 g/mol. The fraction of sp³-hybridized carbons (Fsp3) is 0.148. The van der Waals surface area contributed by atoms with Gasteiger partial charge >= 0.3 is 0 Å². The highest BCUT2D eigenvalue weighted by atomic mass is 32.2. The minimum absolute atomic E-state index is 0.190. The predicted octanol–water partition coefficient (Wildman–Crippen LogP) is 5.82. The Kier molecular flexibility index (Phi) is 8.02. The van der Waals surface area contributed by atoms with Gasteiger partial charge in [0, 0.05) is 5.69 Å². The lowest BCUT2D eigenvalue weighted by atomic mass is 10.1. The van der Waals surface area contributed by atoms with E-state index in [-0.39, 0.29) is 18.4 Å². The number of benzene rings is 3. The lowest BCUT2D eigenvalue weighted by Gasteiger charge is -2.14. The number of hydrogen-bond donors (Lipinski definition) is 1. The van der Waals surface area contributed by atoms with Crippen molar-refractivity contribution in [2.45, 2.75) is 13.3 Å². The molecule has 9 heteroatoms. The first-order chi connectivity index (χ1) is 17.4. The van der Waals surface area contributed by atoms with Crippen LogP contribution in [-0.4, -0.2) is 29.9 Å². The molecule has 4 rings (SSSR count). The van der Waals surface area contributed by atoms with Gasteiger partial charge in [-0.2, -0.15) is 0 Å². The molecule has 0 bridgehead atoms. The van der Waals surface area contributed by atoms with Crippen molar-refractivity contribution in [3.8, 4) is 11.5 Å². The first-order valence-electron chi connectivity index (χ1n) is 11.1. The first kappa shape index (κ1) is 25.4. The molecule has 0 atom stereocenters. The fourth-order valence-corrected chi connectivity index (χ4v) is 4.90. The summed E-state index contributed by atoms with van der Waals surface area (Å²) in [7, 11) is 1.50. The summed E-state index contributed by atoms with van der Waals surface area (Å²) < 4.78 is 24.8. The molecule has 0 radical (unpaired) electrons. The highest BCUT2D eigenvalue weighted by Crippen LogP contribution is 2.37. The van der Waals surface area contributed by atoms with E-state index in [0.717, 1.165) is 29.4 Å². The number of methoxy groups -OCH3 is 1. The molecule has 1 aliphatic rings. The number of thioether (sulfide) groups is 1. The SMILES string of the molecule is CCc1ccccc1NC(=O)COc1ccc(/C=C2\SC(=S)N(c3ccc(F)cc3)C2=O)cc1OC. The first-order valence-corrected chi connectivity index (χ1v) is 12.3. The van der Waals surface area contributed by atoms with Gasteiger partial charge in [0.2, 0.25) is 0 Å². The zero-order valence-corrected chi connectivity index (χ0v) is 21.3. The number of thiocarbonyl (C=S) groups is 1. The van der Waals surface area contributed by atoms with Crippen LogP contribution in [0.25, 0.3) is 6.08 Å². The molecule has 2 amide bonds. The molecule has 36 heavy (non-hydrogen) atoms. The number of aryl methyl sites for hydroxylation is 1. The van der Waals surface area contributed by atoms with Crippen molar-refractivity contribution in [2.24, 2.45) is 0 Å². The molecular formula is C27H23FN2O4S2. The molecule has 3 aromatic carbocycles. The Hall–Kier alpha value is -3.69. The highest BCUT2D eigenvalue weighted by Gasteiger charge is 2.33.